The molecule has 0 atom stereocenters. The van der Waals surface area contributed by atoms with E-state index >= 15 is 0 Å². The van der Waals surface area contributed by atoms with E-state index in [1.165, 1.54) is 53.9 Å². The molecule has 2 nitrogen and oxygen atoms in total. The molecular formula is C26H14N2. The second-order valence-electron chi connectivity index (χ2n) is 7.46. The van der Waals surface area contributed by atoms with Gasteiger partial charge in [-0.1, -0.05) is 66.7 Å². The first-order valence-electron chi connectivity index (χ1n) is 9.52. The lowest BCUT2D eigenvalue weighted by atomic mass is 9.89. The molecule has 2 heteroatoms. The Morgan fingerprint density at radius 1 is 0.429 bits per heavy atom. The summed E-state index contributed by atoms with van der Waals surface area (Å²) < 4.78 is 0. The SMILES string of the molecule is c1ccc2cc3c(cc2c1)c1cccc2c4ccccc4c4ncnc3c4c21. The molecule has 0 fully saturated rings. The summed E-state index contributed by atoms with van der Waals surface area (Å²) >= 11 is 0. The minimum Gasteiger partial charge on any atom is -0.236 e. The first-order valence-corrected chi connectivity index (χ1v) is 9.52. The number of hydrogen-bond donors (Lipinski definition) is 0. The minimum absolute atomic E-state index is 1.04. The fourth-order valence-corrected chi connectivity index (χ4v) is 4.88. The van der Waals surface area contributed by atoms with Crippen LogP contribution < -0.4 is 0 Å². The highest BCUT2D eigenvalue weighted by Gasteiger charge is 2.18. The first-order chi connectivity index (χ1) is 13.9. The zero-order valence-electron chi connectivity index (χ0n) is 15.0. The predicted octanol–water partition coefficient (Wildman–Crippen LogP) is 6.83. The first kappa shape index (κ1) is 14.3. The van der Waals surface area contributed by atoms with E-state index in [0.29, 0.717) is 0 Å². The van der Waals surface area contributed by atoms with Crippen LogP contribution in [0.15, 0.2) is 85.2 Å². The van der Waals surface area contributed by atoms with Gasteiger partial charge in [-0.15, -0.1) is 0 Å². The number of benzene rings is 6. The molecule has 0 radical (unpaired) electrons. The summed E-state index contributed by atoms with van der Waals surface area (Å²) in [6.45, 7) is 0. The minimum atomic E-state index is 1.04. The van der Waals surface area contributed by atoms with Crippen molar-refractivity contribution in [2.75, 3.05) is 0 Å². The van der Waals surface area contributed by atoms with Crippen molar-refractivity contribution in [3.05, 3.63) is 85.2 Å². The van der Waals surface area contributed by atoms with Gasteiger partial charge < -0.3 is 0 Å². The van der Waals surface area contributed by atoms with E-state index in [9.17, 15) is 0 Å². The van der Waals surface area contributed by atoms with E-state index in [0.717, 1.165) is 11.0 Å². The summed E-state index contributed by atoms with van der Waals surface area (Å²) in [7, 11) is 0. The average molecular weight is 354 g/mol. The lowest BCUT2D eigenvalue weighted by Gasteiger charge is -2.16. The third-order valence-electron chi connectivity index (χ3n) is 6.07. The van der Waals surface area contributed by atoms with Crippen molar-refractivity contribution in [1.29, 1.82) is 0 Å². The van der Waals surface area contributed by atoms with Gasteiger partial charge in [-0.05, 0) is 44.5 Å². The third-order valence-corrected chi connectivity index (χ3v) is 6.07. The maximum Gasteiger partial charge on any atom is 0.116 e. The molecule has 0 amide bonds. The van der Waals surface area contributed by atoms with E-state index in [4.69, 9.17) is 9.97 Å². The van der Waals surface area contributed by atoms with Crippen molar-refractivity contribution >= 4 is 64.9 Å². The summed E-state index contributed by atoms with van der Waals surface area (Å²) in [4.78, 5) is 9.48. The van der Waals surface area contributed by atoms with Gasteiger partial charge in [-0.25, -0.2) is 9.97 Å². The van der Waals surface area contributed by atoms with E-state index in [1.807, 2.05) is 0 Å². The standard InChI is InChI=1S/C26H14N2/c1-2-7-16-13-22-21(12-15(16)6-1)19-11-5-10-18-17-8-3-4-9-20(17)25-24(23(18)19)26(22)28-14-27-25/h1-14H. The largest absolute Gasteiger partial charge is 0.236 e. The topological polar surface area (TPSA) is 25.8 Å². The van der Waals surface area contributed by atoms with Gasteiger partial charge in [0.25, 0.3) is 0 Å². The Hall–Kier alpha value is -3.78. The van der Waals surface area contributed by atoms with Crippen LogP contribution in [0.5, 0.6) is 0 Å². The molecule has 7 rings (SSSR count). The third kappa shape index (κ3) is 1.64. The van der Waals surface area contributed by atoms with Gasteiger partial charge in [0, 0.05) is 21.5 Å². The fourth-order valence-electron chi connectivity index (χ4n) is 4.88. The zero-order chi connectivity index (χ0) is 18.2. The molecular weight excluding hydrogens is 340 g/mol. The van der Waals surface area contributed by atoms with Crippen molar-refractivity contribution in [1.82, 2.24) is 9.97 Å². The molecule has 0 saturated carbocycles. The zero-order valence-corrected chi connectivity index (χ0v) is 15.0. The molecule has 0 spiro atoms. The van der Waals surface area contributed by atoms with Gasteiger partial charge in [0.15, 0.2) is 0 Å². The molecule has 0 unspecified atom stereocenters. The summed E-state index contributed by atoms with van der Waals surface area (Å²) in [5.74, 6) is 0. The van der Waals surface area contributed by atoms with E-state index in [1.54, 1.807) is 6.33 Å². The van der Waals surface area contributed by atoms with Gasteiger partial charge >= 0.3 is 0 Å². The molecule has 0 aliphatic heterocycles. The normalized spacial score (nSPS) is 12.3. The Kier molecular flexibility index (Phi) is 2.52. The second-order valence-corrected chi connectivity index (χ2v) is 7.46. The Labute approximate surface area is 160 Å². The van der Waals surface area contributed by atoms with Crippen LogP contribution in [-0.4, -0.2) is 9.97 Å². The maximum atomic E-state index is 4.76. The molecule has 1 heterocycles. The molecule has 1 aromatic heterocycles. The van der Waals surface area contributed by atoms with Crippen LogP contribution in [0.1, 0.15) is 0 Å². The van der Waals surface area contributed by atoms with Gasteiger partial charge in [0.05, 0.1) is 11.0 Å². The van der Waals surface area contributed by atoms with Crippen LogP contribution in [0, 0.1) is 0 Å². The van der Waals surface area contributed by atoms with Crippen molar-refractivity contribution in [3.8, 4) is 0 Å². The Bertz CT molecular complexity index is 1590. The van der Waals surface area contributed by atoms with Crippen molar-refractivity contribution in [2.45, 2.75) is 0 Å². The molecule has 0 N–H and O–H groups in total. The lowest BCUT2D eigenvalue weighted by Crippen LogP contribution is -1.93. The molecule has 7 aromatic rings. The van der Waals surface area contributed by atoms with Gasteiger partial charge in [-0.3, -0.25) is 0 Å². The van der Waals surface area contributed by atoms with Crippen molar-refractivity contribution < 1.29 is 0 Å². The van der Waals surface area contributed by atoms with Gasteiger partial charge in [0.2, 0.25) is 0 Å². The van der Waals surface area contributed by atoms with Crippen LogP contribution >= 0.6 is 0 Å². The second kappa shape index (κ2) is 4.93. The molecule has 0 saturated heterocycles. The monoisotopic (exact) mass is 354 g/mol. The van der Waals surface area contributed by atoms with Crippen LogP contribution in [-0.2, 0) is 0 Å². The Morgan fingerprint density at radius 2 is 1.00 bits per heavy atom. The van der Waals surface area contributed by atoms with E-state index in [-0.39, 0.29) is 0 Å². The molecule has 28 heavy (non-hydrogen) atoms. The molecule has 0 aliphatic carbocycles. The number of fused-ring (bicyclic) bond motifs is 7. The van der Waals surface area contributed by atoms with E-state index in [2.05, 4.69) is 78.9 Å². The summed E-state index contributed by atoms with van der Waals surface area (Å²) in [5.41, 5.74) is 2.08. The molecule has 128 valence electrons. The average Bonchev–Trinajstić information content (AvgIpc) is 2.77. The predicted molar refractivity (Wildman–Crippen MR) is 118 cm³/mol. The van der Waals surface area contributed by atoms with Crippen LogP contribution in [0.2, 0.25) is 0 Å². The highest BCUT2D eigenvalue weighted by atomic mass is 14.8. The summed E-state index contributed by atoms with van der Waals surface area (Å²) in [5, 5.41) is 12.4. The van der Waals surface area contributed by atoms with Gasteiger partial charge in [0.1, 0.15) is 6.33 Å². The highest BCUT2D eigenvalue weighted by Crippen LogP contribution is 2.43. The van der Waals surface area contributed by atoms with Crippen molar-refractivity contribution in [2.24, 2.45) is 0 Å². The van der Waals surface area contributed by atoms with Crippen molar-refractivity contribution in [3.63, 3.8) is 0 Å². The molecule has 0 bridgehead atoms. The summed E-state index contributed by atoms with van der Waals surface area (Å²) in [6, 6.07) is 28.3. The highest BCUT2D eigenvalue weighted by molar-refractivity contribution is 6.39. The molecule has 0 aliphatic rings. The maximum absolute atomic E-state index is 4.76. The van der Waals surface area contributed by atoms with Gasteiger partial charge in [-0.2, -0.15) is 0 Å². The Morgan fingerprint density at radius 3 is 1.79 bits per heavy atom. The van der Waals surface area contributed by atoms with Crippen LogP contribution in [0.4, 0.5) is 0 Å². The Balaban J connectivity index is 1.92. The number of aromatic nitrogens is 2. The molecule has 6 aromatic carbocycles. The summed E-state index contributed by atoms with van der Waals surface area (Å²) in [6.07, 6.45) is 1.71. The number of nitrogens with zero attached hydrogens (tertiary/aromatic N) is 2. The van der Waals surface area contributed by atoms with E-state index < -0.39 is 0 Å². The number of hydrogen-bond acceptors (Lipinski definition) is 2. The smallest absolute Gasteiger partial charge is 0.116 e. The van der Waals surface area contributed by atoms with Crippen LogP contribution in [0.3, 0.4) is 0 Å². The number of rotatable bonds is 0. The lowest BCUT2D eigenvalue weighted by molar-refractivity contribution is 1.27. The quantitative estimate of drug-likeness (QED) is 0.220. The van der Waals surface area contributed by atoms with Crippen LogP contribution in [0.25, 0.3) is 64.9 Å². The fraction of sp³-hybridized carbons (Fsp3) is 0.